The fourth-order valence-corrected chi connectivity index (χ4v) is 3.91. The van der Waals surface area contributed by atoms with E-state index in [9.17, 15) is 9.90 Å². The van der Waals surface area contributed by atoms with Gasteiger partial charge in [0, 0.05) is 24.5 Å². The predicted octanol–water partition coefficient (Wildman–Crippen LogP) is 4.59. The van der Waals surface area contributed by atoms with Crippen molar-refractivity contribution in [2.75, 3.05) is 19.0 Å². The minimum absolute atomic E-state index is 0.000655. The lowest BCUT2D eigenvalue weighted by Gasteiger charge is -2.17. The molecule has 1 aliphatic rings. The van der Waals surface area contributed by atoms with E-state index in [1.54, 1.807) is 19.4 Å². The number of rotatable bonds is 11. The zero-order valence-electron chi connectivity index (χ0n) is 17.2. The number of aryl methyl sites for hydroxylation is 2. The number of methoxy groups -OCH3 is 1. The van der Waals surface area contributed by atoms with Crippen molar-refractivity contribution in [3.8, 4) is 5.88 Å². The Kier molecular flexibility index (Phi) is 7.85. The third-order valence-electron chi connectivity index (χ3n) is 5.55. The van der Waals surface area contributed by atoms with E-state index in [2.05, 4.69) is 22.4 Å². The summed E-state index contributed by atoms with van der Waals surface area (Å²) in [5.41, 5.74) is 3.46. The number of carboxylic acid groups (broad SMARTS) is 1. The summed E-state index contributed by atoms with van der Waals surface area (Å²) in [6.07, 6.45) is 10.4. The molecule has 156 valence electrons. The molecule has 6 nitrogen and oxygen atoms in total. The molecule has 2 aromatic heterocycles. The van der Waals surface area contributed by atoms with Gasteiger partial charge >= 0.3 is 5.97 Å². The van der Waals surface area contributed by atoms with Crippen LogP contribution in [0.2, 0.25) is 0 Å². The first-order valence-corrected chi connectivity index (χ1v) is 10.6. The highest BCUT2D eigenvalue weighted by atomic mass is 16.5. The van der Waals surface area contributed by atoms with Crippen LogP contribution >= 0.6 is 0 Å². The summed E-state index contributed by atoms with van der Waals surface area (Å²) in [7, 11) is 1.58. The second kappa shape index (κ2) is 10.8. The predicted molar refractivity (Wildman–Crippen MR) is 114 cm³/mol. The largest absolute Gasteiger partial charge is 0.481 e. The molecule has 0 unspecified atom stereocenters. The van der Waals surface area contributed by atoms with E-state index in [1.165, 1.54) is 12.0 Å². The molecule has 0 amide bonds. The maximum absolute atomic E-state index is 11.2. The van der Waals surface area contributed by atoms with Gasteiger partial charge in [-0.25, -0.2) is 9.97 Å². The Labute approximate surface area is 172 Å². The Morgan fingerprint density at radius 1 is 1.21 bits per heavy atom. The van der Waals surface area contributed by atoms with Crippen LogP contribution in [0.25, 0.3) is 0 Å². The van der Waals surface area contributed by atoms with E-state index in [1.807, 2.05) is 6.07 Å². The van der Waals surface area contributed by atoms with Crippen LogP contribution in [0.1, 0.15) is 67.7 Å². The fraction of sp³-hybridized carbons (Fsp3) is 0.522. The van der Waals surface area contributed by atoms with Crippen molar-refractivity contribution in [3.05, 3.63) is 47.3 Å². The van der Waals surface area contributed by atoms with Gasteiger partial charge in [-0.2, -0.15) is 0 Å². The van der Waals surface area contributed by atoms with Gasteiger partial charge in [-0.3, -0.25) is 4.79 Å². The SMILES string of the molecule is COc1ccc([C@H](CCCCCCc2ccc3c(n2)NCCC3)CC(=O)O)cn1. The molecule has 0 saturated heterocycles. The third-order valence-corrected chi connectivity index (χ3v) is 5.55. The molecule has 0 fully saturated rings. The number of anilines is 1. The van der Waals surface area contributed by atoms with Crippen molar-refractivity contribution in [1.29, 1.82) is 0 Å². The number of pyridine rings is 2. The molecular formula is C23H31N3O3. The Balaban J connectivity index is 1.41. The van der Waals surface area contributed by atoms with Gasteiger partial charge in [0.25, 0.3) is 0 Å². The van der Waals surface area contributed by atoms with Crippen LogP contribution in [-0.4, -0.2) is 34.7 Å². The lowest BCUT2D eigenvalue weighted by Crippen LogP contribution is -2.13. The molecule has 0 aromatic carbocycles. The lowest BCUT2D eigenvalue weighted by atomic mass is 9.91. The zero-order valence-corrected chi connectivity index (χ0v) is 17.2. The lowest BCUT2D eigenvalue weighted by molar-refractivity contribution is -0.137. The second-order valence-electron chi connectivity index (χ2n) is 7.72. The van der Waals surface area contributed by atoms with Crippen LogP contribution in [0.4, 0.5) is 5.82 Å². The number of aliphatic carboxylic acids is 1. The van der Waals surface area contributed by atoms with Gasteiger partial charge in [0.15, 0.2) is 0 Å². The summed E-state index contributed by atoms with van der Waals surface area (Å²) >= 11 is 0. The number of hydrogen-bond acceptors (Lipinski definition) is 5. The fourth-order valence-electron chi connectivity index (χ4n) is 3.91. The molecule has 0 bridgehead atoms. The van der Waals surface area contributed by atoms with E-state index in [0.29, 0.717) is 5.88 Å². The number of ether oxygens (including phenoxy) is 1. The highest BCUT2D eigenvalue weighted by Crippen LogP contribution is 2.27. The molecule has 0 saturated carbocycles. The molecule has 29 heavy (non-hydrogen) atoms. The van der Waals surface area contributed by atoms with Crippen molar-refractivity contribution < 1.29 is 14.6 Å². The highest BCUT2D eigenvalue weighted by Gasteiger charge is 2.16. The van der Waals surface area contributed by atoms with E-state index in [0.717, 1.165) is 68.6 Å². The average Bonchev–Trinajstić information content (AvgIpc) is 2.75. The molecule has 2 aromatic rings. The summed E-state index contributed by atoms with van der Waals surface area (Å²) in [4.78, 5) is 20.2. The van der Waals surface area contributed by atoms with Gasteiger partial charge in [-0.05, 0) is 55.2 Å². The smallest absolute Gasteiger partial charge is 0.303 e. The maximum Gasteiger partial charge on any atom is 0.303 e. The summed E-state index contributed by atoms with van der Waals surface area (Å²) in [6, 6.07) is 8.09. The van der Waals surface area contributed by atoms with Crippen molar-refractivity contribution in [1.82, 2.24) is 9.97 Å². The summed E-state index contributed by atoms with van der Waals surface area (Å²) in [5, 5.41) is 12.6. The van der Waals surface area contributed by atoms with Gasteiger partial charge in [-0.15, -0.1) is 0 Å². The third kappa shape index (κ3) is 6.44. The van der Waals surface area contributed by atoms with Crippen LogP contribution < -0.4 is 10.1 Å². The van der Waals surface area contributed by atoms with Gasteiger partial charge in [0.05, 0.1) is 13.5 Å². The van der Waals surface area contributed by atoms with E-state index in [-0.39, 0.29) is 12.3 Å². The zero-order chi connectivity index (χ0) is 20.5. The van der Waals surface area contributed by atoms with Gasteiger partial charge in [0.2, 0.25) is 5.88 Å². The van der Waals surface area contributed by atoms with E-state index in [4.69, 9.17) is 9.72 Å². The molecule has 1 atom stereocenters. The van der Waals surface area contributed by atoms with Crippen LogP contribution in [0, 0.1) is 0 Å². The molecule has 0 aliphatic carbocycles. The monoisotopic (exact) mass is 397 g/mol. The topological polar surface area (TPSA) is 84.3 Å². The second-order valence-corrected chi connectivity index (χ2v) is 7.72. The molecule has 0 radical (unpaired) electrons. The van der Waals surface area contributed by atoms with Crippen molar-refractivity contribution in [2.45, 2.75) is 63.7 Å². The first-order valence-electron chi connectivity index (χ1n) is 10.6. The number of hydrogen-bond donors (Lipinski definition) is 2. The van der Waals surface area contributed by atoms with Gasteiger partial charge < -0.3 is 15.2 Å². The molecule has 3 heterocycles. The van der Waals surface area contributed by atoms with Crippen molar-refractivity contribution >= 4 is 11.8 Å². The molecule has 2 N–H and O–H groups in total. The minimum Gasteiger partial charge on any atom is -0.481 e. The Bertz CT molecular complexity index is 792. The standard InChI is InChI=1S/C23H31N3O3/c1-29-21-13-11-19(16-25-21)18(15-22(27)28)7-4-2-3-5-9-20-12-10-17-8-6-14-24-23(17)26-20/h10-13,16,18H,2-9,14-15H2,1H3,(H,24,26)(H,27,28)/t18-/m1/s1. The first kappa shape index (κ1) is 21.1. The molecule has 1 aliphatic heterocycles. The summed E-state index contributed by atoms with van der Waals surface area (Å²) in [5.74, 6) is 0.851. The average molecular weight is 398 g/mol. The normalized spacial score (nSPS) is 14.0. The molecular weight excluding hydrogens is 366 g/mol. The number of nitrogens with zero attached hydrogens (tertiary/aromatic N) is 2. The quantitative estimate of drug-likeness (QED) is 0.539. The highest BCUT2D eigenvalue weighted by molar-refractivity contribution is 5.68. The van der Waals surface area contributed by atoms with Crippen LogP contribution in [0.5, 0.6) is 5.88 Å². The van der Waals surface area contributed by atoms with Crippen LogP contribution in [0.3, 0.4) is 0 Å². The Morgan fingerprint density at radius 3 is 2.83 bits per heavy atom. The van der Waals surface area contributed by atoms with Crippen molar-refractivity contribution in [3.63, 3.8) is 0 Å². The van der Waals surface area contributed by atoms with E-state index < -0.39 is 5.97 Å². The number of nitrogens with one attached hydrogen (secondary N) is 1. The van der Waals surface area contributed by atoms with Crippen molar-refractivity contribution in [2.24, 2.45) is 0 Å². The first-order chi connectivity index (χ1) is 14.2. The Morgan fingerprint density at radius 2 is 2.07 bits per heavy atom. The number of fused-ring (bicyclic) bond motifs is 1. The number of unbranched alkanes of at least 4 members (excludes halogenated alkanes) is 3. The molecule has 0 spiro atoms. The Hall–Kier alpha value is -2.63. The summed E-state index contributed by atoms with van der Waals surface area (Å²) < 4.78 is 5.09. The van der Waals surface area contributed by atoms with Crippen LogP contribution in [-0.2, 0) is 17.6 Å². The number of carboxylic acids is 1. The van der Waals surface area contributed by atoms with Gasteiger partial charge in [-0.1, -0.05) is 31.4 Å². The van der Waals surface area contributed by atoms with Crippen LogP contribution in [0.15, 0.2) is 30.5 Å². The molecule has 6 heteroatoms. The number of carbonyl (C=O) groups is 1. The molecule has 3 rings (SSSR count). The number of aromatic nitrogens is 2. The summed E-state index contributed by atoms with van der Waals surface area (Å²) in [6.45, 7) is 1.02. The van der Waals surface area contributed by atoms with E-state index >= 15 is 0 Å². The maximum atomic E-state index is 11.2. The van der Waals surface area contributed by atoms with Gasteiger partial charge in [0.1, 0.15) is 5.82 Å². The minimum atomic E-state index is -0.766.